The van der Waals surface area contributed by atoms with Gasteiger partial charge in [-0.25, -0.2) is 13.1 Å². The van der Waals surface area contributed by atoms with Crippen LogP contribution in [-0.2, 0) is 16.4 Å². The quantitative estimate of drug-likeness (QED) is 0.824. The summed E-state index contributed by atoms with van der Waals surface area (Å²) >= 11 is 0. The van der Waals surface area contributed by atoms with E-state index in [0.717, 1.165) is 24.8 Å². The smallest absolute Gasteiger partial charge is 0.241 e. The van der Waals surface area contributed by atoms with Gasteiger partial charge in [0.1, 0.15) is 0 Å². The van der Waals surface area contributed by atoms with Crippen molar-refractivity contribution >= 4 is 10.0 Å². The van der Waals surface area contributed by atoms with Crippen LogP contribution in [-0.4, -0.2) is 20.5 Å². The van der Waals surface area contributed by atoms with E-state index in [0.29, 0.717) is 11.4 Å². The van der Waals surface area contributed by atoms with E-state index >= 15 is 0 Å². The molecule has 1 aromatic carbocycles. The molecule has 0 saturated heterocycles. The lowest BCUT2D eigenvalue weighted by molar-refractivity contribution is 0.558. The lowest BCUT2D eigenvalue weighted by Crippen LogP contribution is -2.34. The summed E-state index contributed by atoms with van der Waals surface area (Å²) in [5.74, 6) is 0. The van der Waals surface area contributed by atoms with Crippen LogP contribution in [0.1, 0.15) is 25.3 Å². The summed E-state index contributed by atoms with van der Waals surface area (Å²) in [6.07, 6.45) is 2.60. The monoisotopic (exact) mass is 254 g/mol. The van der Waals surface area contributed by atoms with E-state index in [1.807, 2.05) is 19.1 Å². The van der Waals surface area contributed by atoms with Gasteiger partial charge in [0.2, 0.25) is 10.0 Å². The minimum Gasteiger partial charge on any atom is -0.330 e. The maximum Gasteiger partial charge on any atom is 0.241 e. The van der Waals surface area contributed by atoms with Crippen LogP contribution < -0.4 is 10.5 Å². The highest BCUT2D eigenvalue weighted by atomic mass is 32.2. The molecule has 0 aromatic heterocycles. The van der Waals surface area contributed by atoms with Crippen molar-refractivity contribution in [3.63, 3.8) is 0 Å². The molecule has 0 bridgehead atoms. The molecule has 0 spiro atoms. The minimum atomic E-state index is -3.37. The Morgan fingerprint density at radius 2 is 1.88 bits per heavy atom. The van der Waals surface area contributed by atoms with Crippen molar-refractivity contribution in [3.8, 4) is 0 Å². The van der Waals surface area contributed by atoms with Gasteiger partial charge in [0.15, 0.2) is 0 Å². The van der Waals surface area contributed by atoms with E-state index in [9.17, 15) is 8.42 Å². The Bertz CT molecular complexity index is 490. The third kappa shape index (κ3) is 3.06. The summed E-state index contributed by atoms with van der Waals surface area (Å²) in [6.45, 7) is 2.50. The second kappa shape index (κ2) is 4.40. The molecule has 0 heterocycles. The van der Waals surface area contributed by atoms with Gasteiger partial charge in [-0.3, -0.25) is 0 Å². The van der Waals surface area contributed by atoms with Crippen molar-refractivity contribution in [2.45, 2.75) is 36.6 Å². The SMILES string of the molecule is CC1(NS(=O)(=O)c2ccc(CCN)cc2)CC1. The Morgan fingerprint density at radius 3 is 2.35 bits per heavy atom. The number of nitrogens with two attached hydrogens (primary N) is 1. The molecule has 17 heavy (non-hydrogen) atoms. The fourth-order valence-corrected chi connectivity index (χ4v) is 3.14. The van der Waals surface area contributed by atoms with E-state index in [-0.39, 0.29) is 5.54 Å². The van der Waals surface area contributed by atoms with Crippen LogP contribution in [0.15, 0.2) is 29.2 Å². The van der Waals surface area contributed by atoms with Crippen molar-refractivity contribution in [1.29, 1.82) is 0 Å². The number of hydrogen-bond donors (Lipinski definition) is 2. The Labute approximate surface area is 102 Å². The summed E-state index contributed by atoms with van der Waals surface area (Å²) in [4.78, 5) is 0.325. The second-order valence-electron chi connectivity index (χ2n) is 4.85. The van der Waals surface area contributed by atoms with Gasteiger partial charge in [0.25, 0.3) is 0 Å². The zero-order chi connectivity index (χ0) is 12.5. The standard InChI is InChI=1S/C12H18N2O2S/c1-12(7-8-12)14-17(15,16)11-4-2-10(3-5-11)6-9-13/h2-5,14H,6-9,13H2,1H3. The Hall–Kier alpha value is -0.910. The van der Waals surface area contributed by atoms with Crippen LogP contribution in [0.2, 0.25) is 0 Å². The molecule has 1 aromatic rings. The average Bonchev–Trinajstić information content (AvgIpc) is 2.96. The third-order valence-corrected chi connectivity index (χ3v) is 4.70. The number of rotatable bonds is 5. The van der Waals surface area contributed by atoms with E-state index in [4.69, 9.17) is 5.73 Å². The van der Waals surface area contributed by atoms with Crippen molar-refractivity contribution in [3.05, 3.63) is 29.8 Å². The van der Waals surface area contributed by atoms with Crippen molar-refractivity contribution in [2.24, 2.45) is 5.73 Å². The third-order valence-electron chi connectivity index (χ3n) is 3.05. The maximum atomic E-state index is 12.0. The maximum absolute atomic E-state index is 12.0. The van der Waals surface area contributed by atoms with Crippen LogP contribution in [0.3, 0.4) is 0 Å². The Morgan fingerprint density at radius 1 is 1.29 bits per heavy atom. The molecule has 0 unspecified atom stereocenters. The van der Waals surface area contributed by atoms with Crippen LogP contribution in [0.4, 0.5) is 0 Å². The van der Waals surface area contributed by atoms with E-state index in [1.165, 1.54) is 0 Å². The molecule has 3 N–H and O–H groups in total. The van der Waals surface area contributed by atoms with Gasteiger partial charge in [0, 0.05) is 5.54 Å². The molecular formula is C12H18N2O2S. The summed E-state index contributed by atoms with van der Waals surface area (Å²) in [5, 5.41) is 0. The first-order valence-corrected chi connectivity index (χ1v) is 7.27. The molecule has 4 nitrogen and oxygen atoms in total. The Balaban J connectivity index is 2.15. The summed E-state index contributed by atoms with van der Waals surface area (Å²) in [5.41, 5.74) is 6.28. The Kier molecular flexibility index (Phi) is 3.25. The van der Waals surface area contributed by atoms with Crippen molar-refractivity contribution in [1.82, 2.24) is 4.72 Å². The molecule has 0 atom stereocenters. The largest absolute Gasteiger partial charge is 0.330 e. The summed E-state index contributed by atoms with van der Waals surface area (Å²) < 4.78 is 26.8. The molecule has 0 amide bonds. The number of sulfonamides is 1. The molecule has 1 aliphatic rings. The summed E-state index contributed by atoms with van der Waals surface area (Å²) in [6, 6.07) is 6.91. The molecule has 1 aliphatic carbocycles. The van der Waals surface area contributed by atoms with Gasteiger partial charge in [-0.1, -0.05) is 12.1 Å². The van der Waals surface area contributed by atoms with Gasteiger partial charge in [-0.15, -0.1) is 0 Å². The molecule has 5 heteroatoms. The predicted molar refractivity (Wildman–Crippen MR) is 67.2 cm³/mol. The van der Waals surface area contributed by atoms with E-state index < -0.39 is 10.0 Å². The first kappa shape index (κ1) is 12.5. The predicted octanol–water partition coefficient (Wildman–Crippen LogP) is 1.02. The van der Waals surface area contributed by atoms with Crippen LogP contribution in [0, 0.1) is 0 Å². The first-order chi connectivity index (χ1) is 7.95. The minimum absolute atomic E-state index is 0.227. The molecule has 1 saturated carbocycles. The van der Waals surface area contributed by atoms with E-state index in [1.54, 1.807) is 12.1 Å². The molecule has 0 radical (unpaired) electrons. The van der Waals surface area contributed by atoms with Gasteiger partial charge in [0.05, 0.1) is 4.90 Å². The second-order valence-corrected chi connectivity index (χ2v) is 6.53. The highest BCUT2D eigenvalue weighted by molar-refractivity contribution is 7.89. The van der Waals surface area contributed by atoms with Crippen molar-refractivity contribution < 1.29 is 8.42 Å². The lowest BCUT2D eigenvalue weighted by atomic mass is 10.2. The zero-order valence-corrected chi connectivity index (χ0v) is 10.8. The lowest BCUT2D eigenvalue weighted by Gasteiger charge is -2.12. The van der Waals surface area contributed by atoms with E-state index in [2.05, 4.69) is 4.72 Å². The number of nitrogens with one attached hydrogen (secondary N) is 1. The van der Waals surface area contributed by atoms with Gasteiger partial charge >= 0.3 is 0 Å². The van der Waals surface area contributed by atoms with Gasteiger partial charge < -0.3 is 5.73 Å². The molecular weight excluding hydrogens is 236 g/mol. The highest BCUT2D eigenvalue weighted by Gasteiger charge is 2.41. The first-order valence-electron chi connectivity index (χ1n) is 5.78. The molecule has 1 fully saturated rings. The average molecular weight is 254 g/mol. The number of benzene rings is 1. The van der Waals surface area contributed by atoms with Crippen LogP contribution >= 0.6 is 0 Å². The molecule has 0 aliphatic heterocycles. The molecule has 2 rings (SSSR count). The van der Waals surface area contributed by atoms with Crippen molar-refractivity contribution in [2.75, 3.05) is 6.54 Å². The normalized spacial score (nSPS) is 18.0. The van der Waals surface area contributed by atoms with Crippen LogP contribution in [0.5, 0.6) is 0 Å². The van der Waals surface area contributed by atoms with Crippen LogP contribution in [0.25, 0.3) is 0 Å². The highest BCUT2D eigenvalue weighted by Crippen LogP contribution is 2.35. The topological polar surface area (TPSA) is 72.2 Å². The fraction of sp³-hybridized carbons (Fsp3) is 0.500. The fourth-order valence-electron chi connectivity index (χ4n) is 1.67. The summed E-state index contributed by atoms with van der Waals surface area (Å²) in [7, 11) is -3.37. The molecule has 94 valence electrons. The zero-order valence-electron chi connectivity index (χ0n) is 9.94. The van der Waals surface area contributed by atoms with Gasteiger partial charge in [-0.05, 0) is 50.4 Å². The number of hydrogen-bond acceptors (Lipinski definition) is 3. The van der Waals surface area contributed by atoms with Gasteiger partial charge in [-0.2, -0.15) is 0 Å².